The van der Waals surface area contributed by atoms with Crippen molar-refractivity contribution >= 4 is 5.97 Å². The quantitative estimate of drug-likeness (QED) is 0.666. The van der Waals surface area contributed by atoms with Gasteiger partial charge in [0.15, 0.2) is 0 Å². The predicted molar refractivity (Wildman–Crippen MR) is 49.5 cm³/mol. The number of likely N-dealkylation sites (tertiary alicyclic amines) is 1. The number of hydrogen-bond acceptors (Lipinski definition) is 2. The first-order chi connectivity index (χ1) is 6.20. The summed E-state index contributed by atoms with van der Waals surface area (Å²) in [6.07, 6.45) is 5.87. The summed E-state index contributed by atoms with van der Waals surface area (Å²) < 4.78 is 0. The fraction of sp³-hybridized carbons (Fsp3) is 0.900. The molecule has 3 atom stereocenters. The van der Waals surface area contributed by atoms with E-state index in [-0.39, 0.29) is 6.04 Å². The number of fused-ring (bicyclic) bond motifs is 1. The number of carboxylic acid groups (broad SMARTS) is 1. The second-order valence-electron chi connectivity index (χ2n) is 4.37. The summed E-state index contributed by atoms with van der Waals surface area (Å²) in [6.45, 7) is 0. The molecule has 13 heavy (non-hydrogen) atoms. The molecule has 0 aromatic heterocycles. The van der Waals surface area contributed by atoms with Gasteiger partial charge >= 0.3 is 5.97 Å². The smallest absolute Gasteiger partial charge is 0.320 e. The van der Waals surface area contributed by atoms with Crippen molar-refractivity contribution in [2.75, 3.05) is 7.05 Å². The van der Waals surface area contributed by atoms with Crippen molar-refractivity contribution in [3.8, 4) is 0 Å². The van der Waals surface area contributed by atoms with Crippen LogP contribution < -0.4 is 0 Å². The molecule has 0 aromatic carbocycles. The van der Waals surface area contributed by atoms with Crippen LogP contribution in [0, 0.1) is 5.92 Å². The van der Waals surface area contributed by atoms with Crippen LogP contribution >= 0.6 is 0 Å². The van der Waals surface area contributed by atoms with Crippen LogP contribution in [0.3, 0.4) is 0 Å². The standard InChI is InChI=1S/C10H17NO2/c1-11-8-5-3-2-4-7(8)6-9(11)10(12)13/h7-9H,2-6H2,1H3,(H,12,13)/t7-,8+,9+/m0/s1. The molecule has 0 aromatic rings. The highest BCUT2D eigenvalue weighted by molar-refractivity contribution is 5.74. The van der Waals surface area contributed by atoms with Crippen molar-refractivity contribution in [1.82, 2.24) is 4.90 Å². The Morgan fingerprint density at radius 3 is 2.69 bits per heavy atom. The number of hydrogen-bond donors (Lipinski definition) is 1. The van der Waals surface area contributed by atoms with E-state index in [1.54, 1.807) is 0 Å². The summed E-state index contributed by atoms with van der Waals surface area (Å²) in [6, 6.07) is 0.336. The van der Waals surface area contributed by atoms with Gasteiger partial charge in [0, 0.05) is 6.04 Å². The van der Waals surface area contributed by atoms with Crippen LogP contribution in [0.4, 0.5) is 0 Å². The first kappa shape index (κ1) is 9.00. The minimum Gasteiger partial charge on any atom is -0.480 e. The summed E-state index contributed by atoms with van der Waals surface area (Å²) >= 11 is 0. The summed E-state index contributed by atoms with van der Waals surface area (Å²) in [5.74, 6) is 0.0109. The SMILES string of the molecule is CN1[C@@H](C(=O)O)C[C@@H]2CCCC[C@H]21. The first-order valence-corrected chi connectivity index (χ1v) is 5.15. The van der Waals surface area contributed by atoms with Gasteiger partial charge < -0.3 is 5.11 Å². The average Bonchev–Trinajstić information content (AvgIpc) is 2.45. The number of nitrogens with zero attached hydrogens (tertiary/aromatic N) is 1. The topological polar surface area (TPSA) is 40.5 Å². The van der Waals surface area contributed by atoms with Gasteiger partial charge in [-0.05, 0) is 32.2 Å². The minimum atomic E-state index is -0.642. The normalized spacial score (nSPS) is 40.2. The lowest BCUT2D eigenvalue weighted by Gasteiger charge is -2.29. The van der Waals surface area contributed by atoms with Crippen LogP contribution in [-0.4, -0.2) is 35.1 Å². The Kier molecular flexibility index (Phi) is 2.28. The summed E-state index contributed by atoms with van der Waals surface area (Å²) in [5.41, 5.74) is 0. The molecule has 0 radical (unpaired) electrons. The molecule has 2 fully saturated rings. The number of likely N-dealkylation sites (N-methyl/N-ethyl adjacent to an activating group) is 1. The van der Waals surface area contributed by atoms with E-state index in [1.807, 2.05) is 7.05 Å². The number of aliphatic carboxylic acids is 1. The fourth-order valence-corrected chi connectivity index (χ4v) is 2.96. The molecule has 0 spiro atoms. The maximum atomic E-state index is 10.9. The molecule has 0 unspecified atom stereocenters. The Morgan fingerprint density at radius 1 is 1.38 bits per heavy atom. The van der Waals surface area contributed by atoms with Crippen molar-refractivity contribution in [2.24, 2.45) is 5.92 Å². The lowest BCUT2D eigenvalue weighted by Crippen LogP contribution is -2.38. The summed E-state index contributed by atoms with van der Waals surface area (Å²) in [4.78, 5) is 13.0. The number of carboxylic acids is 1. The molecule has 74 valence electrons. The van der Waals surface area contributed by atoms with E-state index in [0.717, 1.165) is 6.42 Å². The molecule has 1 heterocycles. The molecular formula is C10H17NO2. The van der Waals surface area contributed by atoms with Crippen molar-refractivity contribution in [3.63, 3.8) is 0 Å². The third kappa shape index (κ3) is 1.46. The Bertz CT molecular complexity index is 217. The highest BCUT2D eigenvalue weighted by Gasteiger charge is 2.42. The van der Waals surface area contributed by atoms with E-state index in [1.165, 1.54) is 25.7 Å². The van der Waals surface area contributed by atoms with Gasteiger partial charge in [-0.1, -0.05) is 12.8 Å². The monoisotopic (exact) mass is 183 g/mol. The van der Waals surface area contributed by atoms with Gasteiger partial charge in [-0.25, -0.2) is 0 Å². The Balaban J connectivity index is 2.09. The molecule has 2 aliphatic rings. The third-order valence-corrected chi connectivity index (χ3v) is 3.69. The van der Waals surface area contributed by atoms with E-state index in [4.69, 9.17) is 5.11 Å². The van der Waals surface area contributed by atoms with Crippen molar-refractivity contribution in [2.45, 2.75) is 44.2 Å². The molecule has 3 nitrogen and oxygen atoms in total. The molecule has 2 rings (SSSR count). The lowest BCUT2D eigenvalue weighted by atomic mass is 9.85. The Morgan fingerprint density at radius 2 is 2.08 bits per heavy atom. The first-order valence-electron chi connectivity index (χ1n) is 5.15. The fourth-order valence-electron chi connectivity index (χ4n) is 2.96. The number of rotatable bonds is 1. The molecular weight excluding hydrogens is 166 g/mol. The second kappa shape index (κ2) is 3.29. The largest absolute Gasteiger partial charge is 0.480 e. The Labute approximate surface area is 78.7 Å². The maximum Gasteiger partial charge on any atom is 0.320 e. The van der Waals surface area contributed by atoms with Gasteiger partial charge in [-0.15, -0.1) is 0 Å². The van der Waals surface area contributed by atoms with Crippen LogP contribution in [0.5, 0.6) is 0 Å². The zero-order valence-corrected chi connectivity index (χ0v) is 8.07. The molecule has 1 aliphatic heterocycles. The lowest BCUT2D eigenvalue weighted by molar-refractivity contribution is -0.142. The Hall–Kier alpha value is -0.570. The molecule has 1 aliphatic carbocycles. The van der Waals surface area contributed by atoms with Crippen LogP contribution in [0.25, 0.3) is 0 Å². The van der Waals surface area contributed by atoms with E-state index in [0.29, 0.717) is 12.0 Å². The molecule has 0 bridgehead atoms. The zero-order chi connectivity index (χ0) is 9.42. The minimum absolute atomic E-state index is 0.215. The van der Waals surface area contributed by atoms with Crippen LogP contribution in [0.2, 0.25) is 0 Å². The molecule has 3 heteroatoms. The summed E-state index contributed by atoms with van der Waals surface area (Å²) in [5, 5.41) is 8.99. The highest BCUT2D eigenvalue weighted by Crippen LogP contribution is 2.38. The third-order valence-electron chi connectivity index (χ3n) is 3.69. The zero-order valence-electron chi connectivity index (χ0n) is 8.07. The van der Waals surface area contributed by atoms with Gasteiger partial charge in [-0.2, -0.15) is 0 Å². The van der Waals surface area contributed by atoms with Gasteiger partial charge in [0.2, 0.25) is 0 Å². The van der Waals surface area contributed by atoms with Gasteiger partial charge in [-0.3, -0.25) is 9.69 Å². The van der Waals surface area contributed by atoms with Gasteiger partial charge in [0.05, 0.1) is 0 Å². The molecule has 1 N–H and O–H groups in total. The highest BCUT2D eigenvalue weighted by atomic mass is 16.4. The van der Waals surface area contributed by atoms with Crippen LogP contribution in [-0.2, 0) is 4.79 Å². The molecule has 1 saturated carbocycles. The van der Waals surface area contributed by atoms with Gasteiger partial charge in [0.25, 0.3) is 0 Å². The van der Waals surface area contributed by atoms with Gasteiger partial charge in [0.1, 0.15) is 6.04 Å². The molecule has 0 amide bonds. The van der Waals surface area contributed by atoms with Crippen LogP contribution in [0.1, 0.15) is 32.1 Å². The van der Waals surface area contributed by atoms with E-state index < -0.39 is 5.97 Å². The number of carbonyl (C=O) groups is 1. The second-order valence-corrected chi connectivity index (χ2v) is 4.37. The van der Waals surface area contributed by atoms with Crippen molar-refractivity contribution in [3.05, 3.63) is 0 Å². The maximum absolute atomic E-state index is 10.9. The van der Waals surface area contributed by atoms with E-state index >= 15 is 0 Å². The van der Waals surface area contributed by atoms with E-state index in [9.17, 15) is 4.79 Å². The van der Waals surface area contributed by atoms with Crippen molar-refractivity contribution < 1.29 is 9.90 Å². The van der Waals surface area contributed by atoms with Crippen molar-refractivity contribution in [1.29, 1.82) is 0 Å². The molecule has 1 saturated heterocycles. The predicted octanol–water partition coefficient (Wildman–Crippen LogP) is 1.33. The van der Waals surface area contributed by atoms with Crippen LogP contribution in [0.15, 0.2) is 0 Å². The summed E-state index contributed by atoms with van der Waals surface area (Å²) in [7, 11) is 1.97. The average molecular weight is 183 g/mol. The van der Waals surface area contributed by atoms with E-state index in [2.05, 4.69) is 4.90 Å².